The fraction of sp³-hybridized carbons (Fsp3) is 0.500. The Hall–Kier alpha value is -0.620. The van der Waals surface area contributed by atoms with Crippen LogP contribution in [0.5, 0.6) is 0 Å². The Kier molecular flexibility index (Phi) is 4.61. The number of halogens is 1. The van der Waals surface area contributed by atoms with Crippen molar-refractivity contribution in [1.82, 2.24) is 10.2 Å². The van der Waals surface area contributed by atoms with Crippen LogP contribution in [0, 0.1) is 9.49 Å². The summed E-state index contributed by atoms with van der Waals surface area (Å²) in [6, 6.07) is 8.01. The van der Waals surface area contributed by atoms with E-state index in [1.807, 2.05) is 24.3 Å². The van der Waals surface area contributed by atoms with Crippen LogP contribution in [-0.4, -0.2) is 37.0 Å². The molecule has 98 valence electrons. The number of amides is 1. The highest BCUT2D eigenvalue weighted by Crippen LogP contribution is 2.17. The van der Waals surface area contributed by atoms with Crippen LogP contribution in [0.2, 0.25) is 0 Å². The molecule has 0 spiro atoms. The van der Waals surface area contributed by atoms with Gasteiger partial charge >= 0.3 is 0 Å². The average molecular weight is 358 g/mol. The fourth-order valence-electron chi connectivity index (χ4n) is 2.46. The van der Waals surface area contributed by atoms with Gasteiger partial charge in [-0.1, -0.05) is 19.1 Å². The van der Waals surface area contributed by atoms with Gasteiger partial charge in [-0.25, -0.2) is 0 Å². The zero-order valence-electron chi connectivity index (χ0n) is 10.8. The first-order valence-corrected chi connectivity index (χ1v) is 7.39. The first-order valence-electron chi connectivity index (χ1n) is 6.32. The van der Waals surface area contributed by atoms with Gasteiger partial charge in [0.15, 0.2) is 0 Å². The third-order valence-electron chi connectivity index (χ3n) is 3.54. The summed E-state index contributed by atoms with van der Waals surface area (Å²) < 4.78 is 1.01. The van der Waals surface area contributed by atoms with E-state index in [2.05, 4.69) is 46.8 Å². The zero-order chi connectivity index (χ0) is 13.1. The van der Waals surface area contributed by atoms with Gasteiger partial charge in [0.1, 0.15) is 0 Å². The second-order valence-corrected chi connectivity index (χ2v) is 6.25. The van der Waals surface area contributed by atoms with Crippen molar-refractivity contribution < 1.29 is 4.79 Å². The Morgan fingerprint density at radius 3 is 2.83 bits per heavy atom. The highest BCUT2D eigenvalue weighted by atomic mass is 127. The van der Waals surface area contributed by atoms with E-state index in [0.717, 1.165) is 28.6 Å². The molecule has 0 bridgehead atoms. The van der Waals surface area contributed by atoms with Crippen LogP contribution in [0.1, 0.15) is 23.7 Å². The van der Waals surface area contributed by atoms with Gasteiger partial charge in [0, 0.05) is 16.2 Å². The van der Waals surface area contributed by atoms with Crippen molar-refractivity contribution in [3.63, 3.8) is 0 Å². The van der Waals surface area contributed by atoms with Gasteiger partial charge in [-0.2, -0.15) is 0 Å². The van der Waals surface area contributed by atoms with Crippen LogP contribution in [0.4, 0.5) is 0 Å². The minimum absolute atomic E-state index is 0.0569. The monoisotopic (exact) mass is 358 g/mol. The predicted molar refractivity (Wildman–Crippen MR) is 81.7 cm³/mol. The number of rotatable bonds is 2. The van der Waals surface area contributed by atoms with Crippen LogP contribution in [-0.2, 0) is 0 Å². The van der Waals surface area contributed by atoms with Crippen molar-refractivity contribution in [3.05, 3.63) is 33.4 Å². The summed E-state index contributed by atoms with van der Waals surface area (Å²) in [5.41, 5.74) is 0.782. The first-order chi connectivity index (χ1) is 8.58. The molecule has 1 fully saturated rings. The van der Waals surface area contributed by atoms with Crippen molar-refractivity contribution in [2.45, 2.75) is 19.4 Å². The maximum absolute atomic E-state index is 12.2. The molecule has 1 saturated heterocycles. The number of likely N-dealkylation sites (tertiary alicyclic amines) is 1. The Bertz CT molecular complexity index is 436. The Labute approximate surface area is 122 Å². The van der Waals surface area contributed by atoms with E-state index in [0.29, 0.717) is 12.0 Å². The molecule has 1 heterocycles. The second-order valence-electron chi connectivity index (χ2n) is 5.09. The van der Waals surface area contributed by atoms with Crippen molar-refractivity contribution in [3.8, 4) is 0 Å². The summed E-state index contributed by atoms with van der Waals surface area (Å²) in [5.74, 6) is 0.565. The molecule has 4 heteroatoms. The quantitative estimate of drug-likeness (QED) is 0.824. The molecule has 2 atom stereocenters. The van der Waals surface area contributed by atoms with E-state index in [1.165, 1.54) is 0 Å². The van der Waals surface area contributed by atoms with Gasteiger partial charge in [-0.3, -0.25) is 4.79 Å². The number of nitrogens with zero attached hydrogens (tertiary/aromatic N) is 1. The van der Waals surface area contributed by atoms with Crippen LogP contribution < -0.4 is 5.32 Å². The smallest absolute Gasteiger partial charge is 0.252 e. The van der Waals surface area contributed by atoms with Crippen LogP contribution in [0.25, 0.3) is 0 Å². The average Bonchev–Trinajstić information content (AvgIpc) is 2.33. The first kappa shape index (κ1) is 13.8. The predicted octanol–water partition coefficient (Wildman–Crippen LogP) is 2.36. The topological polar surface area (TPSA) is 32.3 Å². The molecule has 1 aliphatic heterocycles. The van der Waals surface area contributed by atoms with Crippen molar-refractivity contribution in [2.75, 3.05) is 20.1 Å². The lowest BCUT2D eigenvalue weighted by Gasteiger charge is -2.35. The molecule has 1 N–H and O–H groups in total. The lowest BCUT2D eigenvalue weighted by Crippen LogP contribution is -2.49. The highest BCUT2D eigenvalue weighted by Gasteiger charge is 2.26. The zero-order valence-corrected chi connectivity index (χ0v) is 13.0. The van der Waals surface area contributed by atoms with Crippen molar-refractivity contribution in [1.29, 1.82) is 0 Å². The number of hydrogen-bond acceptors (Lipinski definition) is 2. The van der Waals surface area contributed by atoms with E-state index < -0.39 is 0 Å². The number of benzene rings is 1. The molecule has 2 rings (SSSR count). The van der Waals surface area contributed by atoms with Gasteiger partial charge in [0.2, 0.25) is 0 Å². The standard InChI is InChI=1S/C14H19IN2O/c1-10-9-17(2)8-7-13(10)16-14(18)11-5-3-4-6-12(11)15/h3-6,10,13H,7-9H2,1-2H3,(H,16,18). The molecular formula is C14H19IN2O. The summed E-state index contributed by atoms with van der Waals surface area (Å²) in [6.45, 7) is 4.31. The maximum atomic E-state index is 12.2. The van der Waals surface area contributed by atoms with Crippen LogP contribution >= 0.6 is 22.6 Å². The Balaban J connectivity index is 2.02. The van der Waals surface area contributed by atoms with E-state index in [-0.39, 0.29) is 5.91 Å². The minimum atomic E-state index is 0.0569. The lowest BCUT2D eigenvalue weighted by molar-refractivity contribution is 0.0883. The SMILES string of the molecule is CC1CN(C)CCC1NC(=O)c1ccccc1I. The maximum Gasteiger partial charge on any atom is 0.252 e. The molecule has 0 aliphatic carbocycles. The molecule has 0 radical (unpaired) electrons. The summed E-state index contributed by atoms with van der Waals surface area (Å²) >= 11 is 2.21. The summed E-state index contributed by atoms with van der Waals surface area (Å²) in [5, 5.41) is 3.18. The summed E-state index contributed by atoms with van der Waals surface area (Å²) in [4.78, 5) is 14.6. The largest absolute Gasteiger partial charge is 0.349 e. The Morgan fingerprint density at radius 2 is 2.17 bits per heavy atom. The van der Waals surface area contributed by atoms with Crippen molar-refractivity contribution in [2.24, 2.45) is 5.92 Å². The lowest BCUT2D eigenvalue weighted by atomic mass is 9.94. The molecule has 3 nitrogen and oxygen atoms in total. The third-order valence-corrected chi connectivity index (χ3v) is 4.48. The normalized spacial score (nSPS) is 24.8. The molecule has 0 aromatic heterocycles. The molecule has 1 amide bonds. The number of nitrogens with one attached hydrogen (secondary N) is 1. The van der Waals surface area contributed by atoms with E-state index in [1.54, 1.807) is 0 Å². The highest BCUT2D eigenvalue weighted by molar-refractivity contribution is 14.1. The minimum Gasteiger partial charge on any atom is -0.349 e. The molecule has 18 heavy (non-hydrogen) atoms. The van der Waals surface area contributed by atoms with E-state index in [9.17, 15) is 4.79 Å². The molecular weight excluding hydrogens is 339 g/mol. The molecule has 1 aromatic rings. The fourth-order valence-corrected chi connectivity index (χ4v) is 3.09. The Morgan fingerprint density at radius 1 is 1.44 bits per heavy atom. The van der Waals surface area contributed by atoms with Gasteiger partial charge in [0.05, 0.1) is 5.56 Å². The molecule has 1 aliphatic rings. The number of carbonyl (C=O) groups is 1. The van der Waals surface area contributed by atoms with Crippen LogP contribution in [0.15, 0.2) is 24.3 Å². The number of hydrogen-bond donors (Lipinski definition) is 1. The third kappa shape index (κ3) is 3.23. The second kappa shape index (κ2) is 6.02. The van der Waals surface area contributed by atoms with Crippen molar-refractivity contribution >= 4 is 28.5 Å². The van der Waals surface area contributed by atoms with E-state index in [4.69, 9.17) is 0 Å². The summed E-state index contributed by atoms with van der Waals surface area (Å²) in [6.07, 6.45) is 1.03. The summed E-state index contributed by atoms with van der Waals surface area (Å²) in [7, 11) is 2.13. The number of carbonyl (C=O) groups excluding carboxylic acids is 1. The molecule has 1 aromatic carbocycles. The molecule has 0 saturated carbocycles. The molecule has 2 unspecified atom stereocenters. The number of piperidine rings is 1. The van der Waals surface area contributed by atoms with Crippen LogP contribution in [0.3, 0.4) is 0 Å². The van der Waals surface area contributed by atoms with E-state index >= 15 is 0 Å². The van der Waals surface area contributed by atoms with Gasteiger partial charge in [0.25, 0.3) is 5.91 Å². The van der Waals surface area contributed by atoms with Gasteiger partial charge in [-0.15, -0.1) is 0 Å². The van der Waals surface area contributed by atoms with Gasteiger partial charge < -0.3 is 10.2 Å². The van der Waals surface area contributed by atoms with Gasteiger partial charge in [-0.05, 0) is 60.7 Å².